The third-order valence-corrected chi connectivity index (χ3v) is 5.37. The molecule has 1 unspecified atom stereocenters. The van der Waals surface area contributed by atoms with Crippen LogP contribution < -0.4 is 16.2 Å². The number of anilines is 1. The summed E-state index contributed by atoms with van der Waals surface area (Å²) in [5, 5.41) is 11.3. The quantitative estimate of drug-likeness (QED) is 0.319. The second-order valence-electron chi connectivity index (χ2n) is 7.42. The Morgan fingerprint density at radius 2 is 1.84 bits per heavy atom. The summed E-state index contributed by atoms with van der Waals surface area (Å²) in [5.41, 5.74) is 14.5. The number of hydrogen-bond acceptors (Lipinski definition) is 5. The monoisotopic (exact) mass is 425 g/mol. The SMILES string of the molecule is C=C(CN1Cc2c(ccc3ccc(-c4ccc(N)c(OC(F)F)c4)cc23)C1=O)C(N)O. The van der Waals surface area contributed by atoms with Crippen molar-refractivity contribution in [2.24, 2.45) is 5.73 Å². The van der Waals surface area contributed by atoms with E-state index in [0.29, 0.717) is 23.2 Å². The number of aliphatic hydroxyl groups excluding tert-OH is 1. The molecule has 0 fully saturated rings. The van der Waals surface area contributed by atoms with E-state index in [1.807, 2.05) is 24.3 Å². The lowest BCUT2D eigenvalue weighted by molar-refractivity contribution is -0.0493. The predicted molar refractivity (Wildman–Crippen MR) is 115 cm³/mol. The van der Waals surface area contributed by atoms with Gasteiger partial charge in [0.2, 0.25) is 0 Å². The maximum Gasteiger partial charge on any atom is 0.387 e. The molecule has 0 aromatic heterocycles. The summed E-state index contributed by atoms with van der Waals surface area (Å²) < 4.78 is 29.8. The largest absolute Gasteiger partial charge is 0.433 e. The van der Waals surface area contributed by atoms with Crippen LogP contribution in [0, 0.1) is 0 Å². The molecule has 0 saturated carbocycles. The van der Waals surface area contributed by atoms with Crippen LogP contribution in [0.3, 0.4) is 0 Å². The fourth-order valence-corrected chi connectivity index (χ4v) is 3.74. The van der Waals surface area contributed by atoms with Crippen LogP contribution >= 0.6 is 0 Å². The number of ether oxygens (including phenoxy) is 1. The van der Waals surface area contributed by atoms with E-state index in [0.717, 1.165) is 21.9 Å². The Balaban J connectivity index is 1.73. The Bertz CT molecular complexity index is 1190. The Morgan fingerprint density at radius 1 is 1.16 bits per heavy atom. The molecule has 0 radical (unpaired) electrons. The second-order valence-corrected chi connectivity index (χ2v) is 7.42. The fraction of sp³-hybridized carbons (Fsp3) is 0.174. The zero-order valence-electron chi connectivity index (χ0n) is 16.5. The number of rotatable bonds is 6. The molecule has 160 valence electrons. The van der Waals surface area contributed by atoms with Gasteiger partial charge in [-0.1, -0.05) is 30.8 Å². The van der Waals surface area contributed by atoms with Crippen LogP contribution in [0.1, 0.15) is 15.9 Å². The smallest absolute Gasteiger partial charge is 0.387 e. The van der Waals surface area contributed by atoms with Crippen molar-refractivity contribution in [3.8, 4) is 16.9 Å². The molecule has 6 nitrogen and oxygen atoms in total. The molecular weight excluding hydrogens is 404 g/mol. The van der Waals surface area contributed by atoms with Gasteiger partial charge >= 0.3 is 6.61 Å². The van der Waals surface area contributed by atoms with Crippen LogP contribution in [0.25, 0.3) is 21.9 Å². The number of hydrogen-bond donors (Lipinski definition) is 3. The van der Waals surface area contributed by atoms with Gasteiger partial charge in [-0.25, -0.2) is 0 Å². The molecule has 0 saturated heterocycles. The molecule has 4 rings (SSSR count). The van der Waals surface area contributed by atoms with Crippen molar-refractivity contribution < 1.29 is 23.4 Å². The molecule has 1 aliphatic rings. The van der Waals surface area contributed by atoms with Crippen LogP contribution in [0.5, 0.6) is 5.75 Å². The van der Waals surface area contributed by atoms with E-state index in [2.05, 4.69) is 11.3 Å². The number of nitrogens with zero attached hydrogens (tertiary/aromatic N) is 1. The van der Waals surface area contributed by atoms with Crippen molar-refractivity contribution in [3.05, 3.63) is 71.8 Å². The normalized spacial score (nSPS) is 14.2. The van der Waals surface area contributed by atoms with Gasteiger partial charge in [0, 0.05) is 18.7 Å². The summed E-state index contributed by atoms with van der Waals surface area (Å²) in [6, 6.07) is 14.0. The minimum Gasteiger partial charge on any atom is -0.433 e. The molecule has 1 aliphatic heterocycles. The number of carbonyl (C=O) groups is 1. The van der Waals surface area contributed by atoms with Crippen LogP contribution in [0.2, 0.25) is 0 Å². The van der Waals surface area contributed by atoms with Gasteiger partial charge in [-0.15, -0.1) is 0 Å². The van der Waals surface area contributed by atoms with Crippen LogP contribution in [0.15, 0.2) is 60.7 Å². The maximum atomic E-state index is 12.8. The summed E-state index contributed by atoms with van der Waals surface area (Å²) >= 11 is 0. The van der Waals surface area contributed by atoms with Gasteiger partial charge in [0.15, 0.2) is 0 Å². The van der Waals surface area contributed by atoms with Gasteiger partial charge in [-0.05, 0) is 57.3 Å². The summed E-state index contributed by atoms with van der Waals surface area (Å²) in [6.07, 6.45) is -1.20. The van der Waals surface area contributed by atoms with E-state index >= 15 is 0 Å². The third kappa shape index (κ3) is 3.95. The number of halogens is 2. The molecule has 1 atom stereocenters. The molecular formula is C23H21F2N3O3. The number of nitrogen functional groups attached to an aromatic ring is 1. The lowest BCUT2D eigenvalue weighted by Gasteiger charge is -2.18. The number of benzene rings is 3. The summed E-state index contributed by atoms with van der Waals surface area (Å²) in [6.45, 7) is 1.25. The highest BCUT2D eigenvalue weighted by Crippen LogP contribution is 2.35. The number of alkyl halides is 2. The lowest BCUT2D eigenvalue weighted by atomic mass is 9.96. The van der Waals surface area contributed by atoms with E-state index in [9.17, 15) is 18.7 Å². The molecule has 0 bridgehead atoms. The molecule has 3 aromatic carbocycles. The first kappa shape index (κ1) is 20.8. The van der Waals surface area contributed by atoms with E-state index in [1.54, 1.807) is 17.0 Å². The predicted octanol–water partition coefficient (Wildman–Crippen LogP) is 3.48. The molecule has 1 heterocycles. The number of nitrogens with two attached hydrogens (primary N) is 2. The average molecular weight is 425 g/mol. The van der Waals surface area contributed by atoms with Crippen molar-refractivity contribution in [1.82, 2.24) is 4.90 Å². The number of aliphatic hydroxyl groups is 1. The van der Waals surface area contributed by atoms with E-state index in [1.165, 1.54) is 12.1 Å². The molecule has 0 spiro atoms. The molecule has 1 amide bonds. The minimum atomic E-state index is -2.98. The second kappa shape index (κ2) is 7.98. The Labute approximate surface area is 177 Å². The van der Waals surface area contributed by atoms with E-state index in [4.69, 9.17) is 11.5 Å². The van der Waals surface area contributed by atoms with Gasteiger partial charge in [0.05, 0.1) is 5.69 Å². The van der Waals surface area contributed by atoms with Gasteiger partial charge in [0.25, 0.3) is 5.91 Å². The highest BCUT2D eigenvalue weighted by atomic mass is 19.3. The molecule has 0 aliphatic carbocycles. The van der Waals surface area contributed by atoms with E-state index < -0.39 is 12.8 Å². The highest BCUT2D eigenvalue weighted by Gasteiger charge is 2.29. The number of amides is 1. The highest BCUT2D eigenvalue weighted by molar-refractivity contribution is 6.05. The van der Waals surface area contributed by atoms with Gasteiger partial charge < -0.3 is 26.2 Å². The van der Waals surface area contributed by atoms with Crippen molar-refractivity contribution in [1.29, 1.82) is 0 Å². The topological polar surface area (TPSA) is 102 Å². The standard InChI is InChI=1S/C23H21F2N3O3/c1-12(21(27)29)10-28-11-18-16(22(28)30)6-4-13-2-3-14(8-17(13)18)15-5-7-19(26)20(9-15)31-23(24)25/h2-9,21,23,29H,1,10-11,26-27H2. The van der Waals surface area contributed by atoms with Crippen molar-refractivity contribution in [2.45, 2.75) is 19.4 Å². The first-order chi connectivity index (χ1) is 14.7. The van der Waals surface area contributed by atoms with Crippen LogP contribution in [-0.4, -0.2) is 35.3 Å². The van der Waals surface area contributed by atoms with Gasteiger partial charge in [0.1, 0.15) is 12.0 Å². The van der Waals surface area contributed by atoms with Crippen LogP contribution in [-0.2, 0) is 6.54 Å². The first-order valence-electron chi connectivity index (χ1n) is 9.55. The molecule has 8 heteroatoms. The molecule has 3 aromatic rings. The van der Waals surface area contributed by atoms with E-state index in [-0.39, 0.29) is 23.9 Å². The summed E-state index contributed by atoms with van der Waals surface area (Å²) in [7, 11) is 0. The Kier molecular flexibility index (Phi) is 5.34. The minimum absolute atomic E-state index is 0.0916. The Morgan fingerprint density at radius 3 is 2.55 bits per heavy atom. The van der Waals surface area contributed by atoms with Crippen molar-refractivity contribution in [2.75, 3.05) is 12.3 Å². The van der Waals surface area contributed by atoms with Gasteiger partial charge in [-0.2, -0.15) is 8.78 Å². The zero-order valence-corrected chi connectivity index (χ0v) is 16.5. The molecule has 31 heavy (non-hydrogen) atoms. The average Bonchev–Trinajstić information content (AvgIpc) is 3.04. The number of fused-ring (bicyclic) bond motifs is 3. The Hall–Kier alpha value is -3.49. The van der Waals surface area contributed by atoms with Crippen molar-refractivity contribution >= 4 is 22.4 Å². The first-order valence-corrected chi connectivity index (χ1v) is 9.55. The third-order valence-electron chi connectivity index (χ3n) is 5.37. The summed E-state index contributed by atoms with van der Waals surface area (Å²) in [4.78, 5) is 14.4. The molecule has 5 N–H and O–H groups in total. The zero-order chi connectivity index (χ0) is 22.3. The fourth-order valence-electron chi connectivity index (χ4n) is 3.74. The van der Waals surface area contributed by atoms with Gasteiger partial charge in [-0.3, -0.25) is 4.79 Å². The number of carbonyl (C=O) groups excluding carboxylic acids is 1. The summed E-state index contributed by atoms with van der Waals surface area (Å²) in [5.74, 6) is -0.254. The van der Waals surface area contributed by atoms with Crippen LogP contribution in [0.4, 0.5) is 14.5 Å². The maximum absolute atomic E-state index is 12.8. The lowest BCUT2D eigenvalue weighted by Crippen LogP contribution is -2.32. The van der Waals surface area contributed by atoms with Crippen molar-refractivity contribution in [3.63, 3.8) is 0 Å².